The third kappa shape index (κ3) is 1.93. The number of benzene rings is 1. The van der Waals surface area contributed by atoms with Crippen LogP contribution >= 0.6 is 12.6 Å². The number of alkyl halides is 3. The van der Waals surface area contributed by atoms with E-state index in [0.29, 0.717) is 12.2 Å². The Kier molecular flexibility index (Phi) is 2.58. The summed E-state index contributed by atoms with van der Waals surface area (Å²) in [6, 6.07) is 2.79. The van der Waals surface area contributed by atoms with Gasteiger partial charge in [-0.1, -0.05) is 6.07 Å². The number of rotatable bonds is 1. The predicted molar refractivity (Wildman–Crippen MR) is 56.3 cm³/mol. The molecule has 0 fully saturated rings. The van der Waals surface area contributed by atoms with Gasteiger partial charge in [-0.3, -0.25) is 0 Å². The summed E-state index contributed by atoms with van der Waals surface area (Å²) in [6.45, 7) is 0.711. The highest BCUT2D eigenvalue weighted by Crippen LogP contribution is 2.37. The molecule has 0 aromatic heterocycles. The summed E-state index contributed by atoms with van der Waals surface area (Å²) < 4.78 is 37.9. The zero-order valence-electron chi connectivity index (χ0n) is 7.86. The summed E-state index contributed by atoms with van der Waals surface area (Å²) in [4.78, 5) is 0. The minimum atomic E-state index is -4.29. The van der Waals surface area contributed by atoms with Gasteiger partial charge < -0.3 is 5.32 Å². The fourth-order valence-electron chi connectivity index (χ4n) is 1.79. The van der Waals surface area contributed by atoms with E-state index in [2.05, 4.69) is 17.9 Å². The monoisotopic (exact) mass is 233 g/mol. The molecule has 5 heteroatoms. The van der Waals surface area contributed by atoms with Crippen molar-refractivity contribution in [1.29, 1.82) is 0 Å². The van der Waals surface area contributed by atoms with Crippen molar-refractivity contribution in [2.75, 3.05) is 11.9 Å². The van der Waals surface area contributed by atoms with E-state index in [1.54, 1.807) is 6.07 Å². The molecule has 15 heavy (non-hydrogen) atoms. The Hall–Kier alpha value is -0.840. The van der Waals surface area contributed by atoms with Crippen LogP contribution in [0.3, 0.4) is 0 Å². The lowest BCUT2D eigenvalue weighted by Crippen LogP contribution is -2.09. The molecule has 1 aromatic carbocycles. The molecular formula is C10H10F3NS. The lowest BCUT2D eigenvalue weighted by Gasteiger charge is -2.13. The molecule has 0 unspecified atom stereocenters. The number of anilines is 1. The smallest absolute Gasteiger partial charge is 0.384 e. The zero-order valence-corrected chi connectivity index (χ0v) is 8.75. The maximum atomic E-state index is 12.6. The topological polar surface area (TPSA) is 12.0 Å². The van der Waals surface area contributed by atoms with Crippen molar-refractivity contribution >= 4 is 18.3 Å². The van der Waals surface area contributed by atoms with Gasteiger partial charge in [-0.05, 0) is 23.6 Å². The maximum absolute atomic E-state index is 12.6. The van der Waals surface area contributed by atoms with Crippen LogP contribution in [0.15, 0.2) is 12.1 Å². The van der Waals surface area contributed by atoms with Crippen molar-refractivity contribution in [3.8, 4) is 0 Å². The van der Waals surface area contributed by atoms with E-state index < -0.39 is 11.7 Å². The first kappa shape index (κ1) is 10.7. The van der Waals surface area contributed by atoms with E-state index in [-0.39, 0.29) is 11.3 Å². The minimum Gasteiger partial charge on any atom is -0.384 e. The molecule has 0 bridgehead atoms. The van der Waals surface area contributed by atoms with Crippen LogP contribution in [0.25, 0.3) is 0 Å². The first-order valence-electron chi connectivity index (χ1n) is 4.60. The Bertz CT molecular complexity index is 387. The van der Waals surface area contributed by atoms with Gasteiger partial charge >= 0.3 is 6.18 Å². The second kappa shape index (κ2) is 3.63. The van der Waals surface area contributed by atoms with Crippen molar-refractivity contribution in [2.45, 2.75) is 18.3 Å². The molecule has 1 heterocycles. The summed E-state index contributed by atoms with van der Waals surface area (Å²) in [5.41, 5.74) is 1.24. The van der Waals surface area contributed by atoms with Gasteiger partial charge in [0.25, 0.3) is 0 Å². The first-order chi connectivity index (χ1) is 7.02. The van der Waals surface area contributed by atoms with Gasteiger partial charge in [-0.25, -0.2) is 0 Å². The average molecular weight is 233 g/mol. The maximum Gasteiger partial charge on any atom is 0.416 e. The predicted octanol–water partition coefficient (Wildman–Crippen LogP) is 3.10. The van der Waals surface area contributed by atoms with Gasteiger partial charge in [0.1, 0.15) is 0 Å². The van der Waals surface area contributed by atoms with E-state index in [1.165, 1.54) is 6.07 Å². The summed E-state index contributed by atoms with van der Waals surface area (Å²) in [5.74, 6) is 0.113. The number of fused-ring (bicyclic) bond motifs is 1. The van der Waals surface area contributed by atoms with Gasteiger partial charge in [-0.15, -0.1) is 0 Å². The second-order valence-electron chi connectivity index (χ2n) is 3.50. The molecule has 0 spiro atoms. The highest BCUT2D eigenvalue weighted by Gasteiger charge is 2.34. The van der Waals surface area contributed by atoms with Crippen LogP contribution in [0.1, 0.15) is 16.7 Å². The van der Waals surface area contributed by atoms with E-state index in [4.69, 9.17) is 0 Å². The summed E-state index contributed by atoms with van der Waals surface area (Å²) >= 11 is 3.93. The molecule has 1 aliphatic rings. The number of hydrogen-bond acceptors (Lipinski definition) is 2. The molecule has 0 aliphatic carbocycles. The molecule has 1 N–H and O–H groups in total. The Balaban J connectivity index is 2.54. The van der Waals surface area contributed by atoms with Crippen LogP contribution in [-0.4, -0.2) is 6.54 Å². The fraction of sp³-hybridized carbons (Fsp3) is 0.400. The van der Waals surface area contributed by atoms with Crippen LogP contribution in [0, 0.1) is 0 Å². The minimum absolute atomic E-state index is 0.113. The van der Waals surface area contributed by atoms with Gasteiger partial charge in [0.05, 0.1) is 5.56 Å². The van der Waals surface area contributed by atoms with Gasteiger partial charge in [0, 0.05) is 18.0 Å². The Labute approximate surface area is 91.1 Å². The number of hydrogen-bond donors (Lipinski definition) is 2. The van der Waals surface area contributed by atoms with E-state index in [9.17, 15) is 13.2 Å². The average Bonchev–Trinajstić information content (AvgIpc) is 2.60. The highest BCUT2D eigenvalue weighted by atomic mass is 32.1. The molecule has 1 aromatic rings. The molecule has 0 saturated heterocycles. The van der Waals surface area contributed by atoms with Crippen molar-refractivity contribution < 1.29 is 13.2 Å². The number of nitrogens with one attached hydrogen (secondary N) is 1. The van der Waals surface area contributed by atoms with E-state index >= 15 is 0 Å². The summed E-state index contributed by atoms with van der Waals surface area (Å²) in [6.07, 6.45) is -3.51. The molecular weight excluding hydrogens is 223 g/mol. The summed E-state index contributed by atoms with van der Waals surface area (Å²) in [5, 5.41) is 2.94. The van der Waals surface area contributed by atoms with E-state index in [0.717, 1.165) is 12.0 Å². The quantitative estimate of drug-likeness (QED) is 0.710. The Morgan fingerprint density at radius 3 is 2.67 bits per heavy atom. The van der Waals surface area contributed by atoms with E-state index in [1.807, 2.05) is 0 Å². The highest BCUT2D eigenvalue weighted by molar-refractivity contribution is 7.79. The Morgan fingerprint density at radius 1 is 1.33 bits per heavy atom. The first-order valence-corrected chi connectivity index (χ1v) is 5.23. The molecule has 0 saturated carbocycles. The van der Waals surface area contributed by atoms with Crippen LogP contribution in [0.4, 0.5) is 18.9 Å². The van der Waals surface area contributed by atoms with Crippen molar-refractivity contribution in [1.82, 2.24) is 0 Å². The number of halogens is 3. The third-order valence-corrected chi connectivity index (χ3v) is 2.86. The normalized spacial score (nSPS) is 14.9. The summed E-state index contributed by atoms with van der Waals surface area (Å²) in [7, 11) is 0. The largest absolute Gasteiger partial charge is 0.416 e. The second-order valence-corrected chi connectivity index (χ2v) is 3.82. The Morgan fingerprint density at radius 2 is 2.07 bits per heavy atom. The SMILES string of the molecule is FC(F)(F)c1cc2c(cc1CS)CCN2. The molecule has 0 radical (unpaired) electrons. The molecule has 1 nitrogen and oxygen atoms in total. The standard InChI is InChI=1S/C10H10F3NS/c11-10(12,13)8-4-9-6(1-2-14-9)3-7(8)5-15/h3-4,14-15H,1-2,5H2. The van der Waals surface area contributed by atoms with Crippen LogP contribution < -0.4 is 5.32 Å². The fourth-order valence-corrected chi connectivity index (χ4v) is 2.06. The number of thiol groups is 1. The van der Waals surface area contributed by atoms with Crippen molar-refractivity contribution in [3.63, 3.8) is 0 Å². The van der Waals surface area contributed by atoms with Gasteiger partial charge in [0.2, 0.25) is 0 Å². The molecule has 0 amide bonds. The zero-order chi connectivity index (χ0) is 11.1. The van der Waals surface area contributed by atoms with Gasteiger partial charge in [-0.2, -0.15) is 25.8 Å². The lowest BCUT2D eigenvalue weighted by molar-refractivity contribution is -0.138. The molecule has 82 valence electrons. The van der Waals surface area contributed by atoms with Crippen LogP contribution in [0.2, 0.25) is 0 Å². The van der Waals surface area contributed by atoms with Crippen molar-refractivity contribution in [3.05, 3.63) is 28.8 Å². The molecule has 2 rings (SSSR count). The molecule has 0 atom stereocenters. The van der Waals surface area contributed by atoms with Crippen molar-refractivity contribution in [2.24, 2.45) is 0 Å². The molecule has 1 aliphatic heterocycles. The third-order valence-electron chi connectivity index (χ3n) is 2.51. The lowest BCUT2D eigenvalue weighted by atomic mass is 10.0. The van der Waals surface area contributed by atoms with Crippen LogP contribution in [-0.2, 0) is 18.3 Å². The van der Waals surface area contributed by atoms with Crippen LogP contribution in [0.5, 0.6) is 0 Å². The van der Waals surface area contributed by atoms with Gasteiger partial charge in [0.15, 0.2) is 0 Å².